The number of aryl methyl sites for hydroxylation is 2. The Morgan fingerprint density at radius 1 is 1.33 bits per heavy atom. The highest BCUT2D eigenvalue weighted by molar-refractivity contribution is 5.48. The summed E-state index contributed by atoms with van der Waals surface area (Å²) < 4.78 is 1.81. The molecule has 1 atom stereocenters. The molecule has 0 amide bonds. The zero-order valence-corrected chi connectivity index (χ0v) is 11.0. The molecular formula is C14H19N3O. The Morgan fingerprint density at radius 2 is 2.00 bits per heavy atom. The number of hydrogen-bond donors (Lipinski definition) is 2. The summed E-state index contributed by atoms with van der Waals surface area (Å²) in [6.45, 7) is 4.13. The lowest BCUT2D eigenvalue weighted by molar-refractivity contribution is 0.475. The molecule has 0 saturated heterocycles. The van der Waals surface area contributed by atoms with Crippen molar-refractivity contribution < 1.29 is 5.11 Å². The van der Waals surface area contributed by atoms with Crippen molar-refractivity contribution in [1.29, 1.82) is 0 Å². The summed E-state index contributed by atoms with van der Waals surface area (Å²) in [7, 11) is 1.92. The lowest BCUT2D eigenvalue weighted by atomic mass is 10.0. The molecule has 0 saturated carbocycles. The minimum atomic E-state index is 0.230. The maximum absolute atomic E-state index is 9.31. The van der Waals surface area contributed by atoms with E-state index in [-0.39, 0.29) is 6.04 Å². The van der Waals surface area contributed by atoms with E-state index < -0.39 is 0 Å². The van der Waals surface area contributed by atoms with Crippen LogP contribution in [0.25, 0.3) is 0 Å². The highest BCUT2D eigenvalue weighted by Crippen LogP contribution is 2.25. The van der Waals surface area contributed by atoms with Gasteiger partial charge in [0.1, 0.15) is 5.75 Å². The Bertz CT molecular complexity index is 516. The molecule has 18 heavy (non-hydrogen) atoms. The molecule has 4 nitrogen and oxygen atoms in total. The van der Waals surface area contributed by atoms with Gasteiger partial charge in [-0.1, -0.05) is 19.1 Å². The zero-order chi connectivity index (χ0) is 13.1. The first kappa shape index (κ1) is 12.5. The standard InChI is InChI=1S/C14H19N3O/c1-4-13(11-5-7-12(18)8-6-11)15-14-9-17(3)16-10(14)2/h5-9,13,15,18H,4H2,1-3H3. The van der Waals surface area contributed by atoms with Gasteiger partial charge in [0.15, 0.2) is 0 Å². The molecule has 2 aromatic rings. The van der Waals surface area contributed by atoms with Crippen LogP contribution >= 0.6 is 0 Å². The number of aromatic nitrogens is 2. The topological polar surface area (TPSA) is 50.1 Å². The van der Waals surface area contributed by atoms with Gasteiger partial charge in [-0.3, -0.25) is 4.68 Å². The summed E-state index contributed by atoms with van der Waals surface area (Å²) in [6.07, 6.45) is 2.96. The third kappa shape index (κ3) is 2.64. The third-order valence-electron chi connectivity index (χ3n) is 3.05. The second kappa shape index (κ2) is 5.12. The van der Waals surface area contributed by atoms with Gasteiger partial charge in [0, 0.05) is 13.2 Å². The van der Waals surface area contributed by atoms with Gasteiger partial charge in [0.2, 0.25) is 0 Å². The number of aromatic hydroxyl groups is 1. The third-order valence-corrected chi connectivity index (χ3v) is 3.05. The Labute approximate surface area is 107 Å². The Balaban J connectivity index is 2.19. The molecule has 0 radical (unpaired) electrons. The van der Waals surface area contributed by atoms with E-state index in [1.165, 1.54) is 5.56 Å². The lowest BCUT2D eigenvalue weighted by Gasteiger charge is -2.18. The second-order valence-electron chi connectivity index (χ2n) is 4.50. The Hall–Kier alpha value is -1.97. The fourth-order valence-electron chi connectivity index (χ4n) is 2.06. The van der Waals surface area contributed by atoms with E-state index >= 15 is 0 Å². The van der Waals surface area contributed by atoms with Crippen molar-refractivity contribution in [2.75, 3.05) is 5.32 Å². The van der Waals surface area contributed by atoms with Crippen molar-refractivity contribution in [1.82, 2.24) is 9.78 Å². The van der Waals surface area contributed by atoms with Crippen LogP contribution in [0.3, 0.4) is 0 Å². The maximum atomic E-state index is 9.31. The summed E-state index contributed by atoms with van der Waals surface area (Å²) in [6, 6.07) is 7.56. The molecule has 2 rings (SSSR count). The quantitative estimate of drug-likeness (QED) is 0.870. The predicted octanol–water partition coefficient (Wildman–Crippen LogP) is 3.00. The maximum Gasteiger partial charge on any atom is 0.115 e. The first-order valence-electron chi connectivity index (χ1n) is 6.16. The number of anilines is 1. The Morgan fingerprint density at radius 3 is 2.50 bits per heavy atom. The van der Waals surface area contributed by atoms with Crippen molar-refractivity contribution in [3.63, 3.8) is 0 Å². The van der Waals surface area contributed by atoms with Gasteiger partial charge >= 0.3 is 0 Å². The van der Waals surface area contributed by atoms with Crippen LogP contribution in [0.5, 0.6) is 5.75 Å². The molecule has 0 bridgehead atoms. The van der Waals surface area contributed by atoms with Crippen LogP contribution < -0.4 is 5.32 Å². The van der Waals surface area contributed by atoms with Crippen molar-refractivity contribution in [3.05, 3.63) is 41.7 Å². The number of rotatable bonds is 4. The van der Waals surface area contributed by atoms with E-state index in [1.807, 2.05) is 32.3 Å². The Kier molecular flexibility index (Phi) is 3.55. The summed E-state index contributed by atoms with van der Waals surface area (Å²) in [5.74, 6) is 0.297. The molecule has 0 aliphatic carbocycles. The minimum absolute atomic E-state index is 0.230. The molecule has 0 fully saturated rings. The van der Waals surface area contributed by atoms with Crippen LogP contribution in [0.4, 0.5) is 5.69 Å². The number of hydrogen-bond acceptors (Lipinski definition) is 3. The van der Waals surface area contributed by atoms with E-state index in [9.17, 15) is 5.11 Å². The summed E-state index contributed by atoms with van der Waals surface area (Å²) >= 11 is 0. The number of nitrogens with zero attached hydrogens (tertiary/aromatic N) is 2. The van der Waals surface area contributed by atoms with Crippen LogP contribution in [0.1, 0.15) is 30.6 Å². The highest BCUT2D eigenvalue weighted by Gasteiger charge is 2.11. The van der Waals surface area contributed by atoms with Crippen LogP contribution in [-0.2, 0) is 7.05 Å². The van der Waals surface area contributed by atoms with Gasteiger partial charge in [-0.05, 0) is 31.0 Å². The zero-order valence-electron chi connectivity index (χ0n) is 11.0. The number of phenolic OH excluding ortho intramolecular Hbond substituents is 1. The highest BCUT2D eigenvalue weighted by atomic mass is 16.3. The minimum Gasteiger partial charge on any atom is -0.508 e. The van der Waals surface area contributed by atoms with Crippen molar-refractivity contribution in [2.45, 2.75) is 26.3 Å². The molecule has 0 aliphatic rings. The van der Waals surface area contributed by atoms with Gasteiger partial charge in [0.05, 0.1) is 17.4 Å². The van der Waals surface area contributed by atoms with Crippen LogP contribution in [0, 0.1) is 6.92 Å². The molecule has 1 heterocycles. The summed E-state index contributed by atoms with van der Waals surface area (Å²) in [5.41, 5.74) is 3.21. The number of phenols is 1. The molecular weight excluding hydrogens is 226 g/mol. The molecule has 0 aliphatic heterocycles. The molecule has 2 N–H and O–H groups in total. The molecule has 1 aromatic carbocycles. The average Bonchev–Trinajstić information content (AvgIpc) is 2.66. The largest absolute Gasteiger partial charge is 0.508 e. The van der Waals surface area contributed by atoms with Crippen molar-refractivity contribution in [2.24, 2.45) is 7.05 Å². The van der Waals surface area contributed by atoms with Gasteiger partial charge < -0.3 is 10.4 Å². The van der Waals surface area contributed by atoms with Gasteiger partial charge in [-0.25, -0.2) is 0 Å². The number of nitrogens with one attached hydrogen (secondary N) is 1. The summed E-state index contributed by atoms with van der Waals surface area (Å²) in [5, 5.41) is 17.1. The lowest BCUT2D eigenvalue weighted by Crippen LogP contribution is -2.09. The van der Waals surface area contributed by atoms with Gasteiger partial charge in [-0.15, -0.1) is 0 Å². The first-order chi connectivity index (χ1) is 8.60. The van der Waals surface area contributed by atoms with Crippen LogP contribution in [0.2, 0.25) is 0 Å². The van der Waals surface area contributed by atoms with Crippen molar-refractivity contribution in [3.8, 4) is 5.75 Å². The molecule has 4 heteroatoms. The molecule has 96 valence electrons. The molecule has 1 aromatic heterocycles. The first-order valence-corrected chi connectivity index (χ1v) is 6.16. The molecule has 0 spiro atoms. The number of benzene rings is 1. The monoisotopic (exact) mass is 245 g/mol. The van der Waals surface area contributed by atoms with Crippen LogP contribution in [-0.4, -0.2) is 14.9 Å². The van der Waals surface area contributed by atoms with E-state index in [0.29, 0.717) is 5.75 Å². The fourth-order valence-corrected chi connectivity index (χ4v) is 2.06. The average molecular weight is 245 g/mol. The fraction of sp³-hybridized carbons (Fsp3) is 0.357. The van der Waals surface area contributed by atoms with Gasteiger partial charge in [0.25, 0.3) is 0 Å². The van der Waals surface area contributed by atoms with E-state index in [2.05, 4.69) is 17.3 Å². The van der Waals surface area contributed by atoms with Crippen molar-refractivity contribution >= 4 is 5.69 Å². The SMILES string of the molecule is CCC(Nc1cn(C)nc1C)c1ccc(O)cc1. The van der Waals surface area contributed by atoms with E-state index in [1.54, 1.807) is 16.8 Å². The van der Waals surface area contributed by atoms with Crippen LogP contribution in [0.15, 0.2) is 30.5 Å². The second-order valence-corrected chi connectivity index (χ2v) is 4.50. The van der Waals surface area contributed by atoms with E-state index in [4.69, 9.17) is 0 Å². The smallest absolute Gasteiger partial charge is 0.115 e. The normalized spacial score (nSPS) is 12.4. The summed E-state index contributed by atoms with van der Waals surface area (Å²) in [4.78, 5) is 0. The predicted molar refractivity (Wildman–Crippen MR) is 72.7 cm³/mol. The molecule has 1 unspecified atom stereocenters. The van der Waals surface area contributed by atoms with E-state index in [0.717, 1.165) is 17.8 Å². The van der Waals surface area contributed by atoms with Gasteiger partial charge in [-0.2, -0.15) is 5.10 Å².